The van der Waals surface area contributed by atoms with E-state index in [1.54, 1.807) is 12.1 Å². The fourth-order valence-electron chi connectivity index (χ4n) is 3.78. The number of sulfone groups is 1. The SMILES string of the molecule is NN(c1ccc(S(=O)(=O)CCO)cc1)c1c(S(=O)(=O)O)ccc2c1C(=O)c1ccccc1C2=O. The quantitative estimate of drug-likeness (QED) is 0.199. The minimum Gasteiger partial charge on any atom is -0.395 e. The van der Waals surface area contributed by atoms with Crippen LogP contribution in [0.1, 0.15) is 31.8 Å². The zero-order chi connectivity index (χ0) is 24.8. The van der Waals surface area contributed by atoms with E-state index in [4.69, 9.17) is 10.9 Å². The molecule has 0 heterocycles. The number of hydrogen-bond acceptors (Lipinski definition) is 9. The first-order valence-electron chi connectivity index (χ1n) is 9.79. The lowest BCUT2D eigenvalue weighted by molar-refractivity contribution is 0.0979. The summed E-state index contributed by atoms with van der Waals surface area (Å²) in [5.41, 5.74) is -0.568. The number of aliphatic hydroxyl groups is 1. The summed E-state index contributed by atoms with van der Waals surface area (Å²) in [6.45, 7) is -0.571. The van der Waals surface area contributed by atoms with Crippen LogP contribution in [0.4, 0.5) is 11.4 Å². The Hall–Kier alpha value is -3.42. The van der Waals surface area contributed by atoms with Gasteiger partial charge in [-0.3, -0.25) is 19.2 Å². The lowest BCUT2D eigenvalue weighted by Gasteiger charge is -2.27. The van der Waals surface area contributed by atoms with Crippen LogP contribution in [-0.4, -0.2) is 50.4 Å². The van der Waals surface area contributed by atoms with Crippen LogP contribution >= 0.6 is 0 Å². The van der Waals surface area contributed by atoms with Crippen molar-refractivity contribution < 1.29 is 36.1 Å². The second-order valence-corrected chi connectivity index (χ2v) is 10.9. The summed E-state index contributed by atoms with van der Waals surface area (Å²) in [6.07, 6.45) is 0. The monoisotopic (exact) mass is 502 g/mol. The van der Waals surface area contributed by atoms with Crippen molar-refractivity contribution >= 4 is 42.9 Å². The lowest BCUT2D eigenvalue weighted by Crippen LogP contribution is -2.32. The van der Waals surface area contributed by atoms with Crippen LogP contribution in [0.25, 0.3) is 0 Å². The van der Waals surface area contributed by atoms with Crippen molar-refractivity contribution in [2.24, 2.45) is 5.84 Å². The van der Waals surface area contributed by atoms with Crippen LogP contribution in [0.3, 0.4) is 0 Å². The summed E-state index contributed by atoms with van der Waals surface area (Å²) in [5.74, 6) is 4.51. The third-order valence-electron chi connectivity index (χ3n) is 5.38. The second kappa shape index (κ2) is 8.42. The maximum atomic E-state index is 13.3. The van der Waals surface area contributed by atoms with E-state index >= 15 is 0 Å². The van der Waals surface area contributed by atoms with Crippen molar-refractivity contribution in [1.29, 1.82) is 0 Å². The number of nitrogens with two attached hydrogens (primary N) is 1. The number of anilines is 2. The van der Waals surface area contributed by atoms with Crippen LogP contribution in [0.2, 0.25) is 0 Å². The van der Waals surface area contributed by atoms with Crippen molar-refractivity contribution in [3.05, 3.63) is 82.9 Å². The summed E-state index contributed by atoms with van der Waals surface area (Å²) in [4.78, 5) is 25.6. The number of rotatable bonds is 6. The smallest absolute Gasteiger partial charge is 0.296 e. The molecule has 0 aliphatic heterocycles. The molecule has 0 fully saturated rings. The van der Waals surface area contributed by atoms with Crippen molar-refractivity contribution in [1.82, 2.24) is 0 Å². The lowest BCUT2D eigenvalue weighted by atomic mass is 9.83. The molecule has 0 saturated heterocycles. The molecular weight excluding hydrogens is 484 g/mol. The number of fused-ring (bicyclic) bond motifs is 2. The van der Waals surface area contributed by atoms with E-state index in [0.29, 0.717) is 0 Å². The van der Waals surface area contributed by atoms with Crippen LogP contribution in [0.15, 0.2) is 70.5 Å². The van der Waals surface area contributed by atoms with Gasteiger partial charge >= 0.3 is 0 Å². The highest BCUT2D eigenvalue weighted by Crippen LogP contribution is 2.39. The molecule has 1 aliphatic carbocycles. The zero-order valence-corrected chi connectivity index (χ0v) is 19.0. The van der Waals surface area contributed by atoms with Gasteiger partial charge in [0.1, 0.15) is 4.90 Å². The first-order chi connectivity index (χ1) is 16.0. The molecule has 3 aromatic carbocycles. The number of benzene rings is 3. The van der Waals surface area contributed by atoms with Crippen molar-refractivity contribution in [3.8, 4) is 0 Å². The Bertz CT molecular complexity index is 1550. The summed E-state index contributed by atoms with van der Waals surface area (Å²) < 4.78 is 58.4. The first-order valence-corrected chi connectivity index (χ1v) is 12.9. The Kier molecular flexibility index (Phi) is 5.87. The second-order valence-electron chi connectivity index (χ2n) is 7.42. The molecule has 4 N–H and O–H groups in total. The number of ketones is 2. The topological polar surface area (TPSA) is 172 Å². The molecule has 0 atom stereocenters. The summed E-state index contributed by atoms with van der Waals surface area (Å²) in [7, 11) is -8.64. The molecule has 10 nitrogen and oxygen atoms in total. The Morgan fingerprint density at radius 2 is 1.38 bits per heavy atom. The predicted octanol–water partition coefficient (Wildman–Crippen LogP) is 1.49. The molecule has 1 aliphatic rings. The average molecular weight is 503 g/mol. The van der Waals surface area contributed by atoms with Gasteiger partial charge in [-0.05, 0) is 36.4 Å². The Labute approximate surface area is 194 Å². The number of hydrazine groups is 1. The maximum Gasteiger partial charge on any atom is 0.296 e. The molecule has 0 radical (unpaired) electrons. The minimum absolute atomic E-state index is 0.0487. The number of carbonyl (C=O) groups is 2. The number of aliphatic hydroxyl groups excluding tert-OH is 1. The van der Waals surface area contributed by atoms with Crippen molar-refractivity contribution in [2.75, 3.05) is 17.4 Å². The van der Waals surface area contributed by atoms with Gasteiger partial charge in [-0.15, -0.1) is 0 Å². The van der Waals surface area contributed by atoms with Crippen molar-refractivity contribution in [2.45, 2.75) is 9.79 Å². The number of nitrogens with zero attached hydrogens (tertiary/aromatic N) is 1. The van der Waals surface area contributed by atoms with Gasteiger partial charge in [-0.2, -0.15) is 8.42 Å². The third-order valence-corrected chi connectivity index (χ3v) is 7.98. The predicted molar refractivity (Wildman–Crippen MR) is 121 cm³/mol. The fourth-order valence-corrected chi connectivity index (χ4v) is 5.49. The van der Waals surface area contributed by atoms with Gasteiger partial charge in [-0.25, -0.2) is 14.3 Å². The van der Waals surface area contributed by atoms with Gasteiger partial charge in [0.15, 0.2) is 21.4 Å². The normalized spacial score (nSPS) is 13.4. The standard InChI is InChI=1S/C22H18N2O8S2/c23-24(13-5-7-14(8-6-13)33(28,29)12-11-25)20-18(34(30,31)32)10-9-17-19(20)22(27)16-4-2-1-3-15(16)21(17)26/h1-10,25H,11-12,23H2,(H,30,31,32). The molecule has 176 valence electrons. The molecule has 0 spiro atoms. The van der Waals surface area contributed by atoms with Gasteiger partial charge in [0.05, 0.1) is 34.2 Å². The van der Waals surface area contributed by atoms with Crippen LogP contribution in [0, 0.1) is 0 Å². The molecule has 12 heteroatoms. The number of carbonyl (C=O) groups excluding carboxylic acids is 2. The van der Waals surface area contributed by atoms with Crippen molar-refractivity contribution in [3.63, 3.8) is 0 Å². The Morgan fingerprint density at radius 1 is 0.794 bits per heavy atom. The van der Waals surface area contributed by atoms with E-state index in [2.05, 4.69) is 0 Å². The van der Waals surface area contributed by atoms with Crippen LogP contribution in [0.5, 0.6) is 0 Å². The van der Waals surface area contributed by atoms with Crippen LogP contribution < -0.4 is 10.9 Å². The Morgan fingerprint density at radius 3 is 1.94 bits per heavy atom. The summed E-state index contributed by atoms with van der Waals surface area (Å²) in [6, 6.07) is 13.1. The molecule has 0 bridgehead atoms. The highest BCUT2D eigenvalue weighted by molar-refractivity contribution is 7.91. The summed E-state index contributed by atoms with van der Waals surface area (Å²) in [5, 5.41) is 9.74. The van der Waals surface area contributed by atoms with E-state index < -0.39 is 54.5 Å². The molecule has 34 heavy (non-hydrogen) atoms. The fraction of sp³-hybridized carbons (Fsp3) is 0.0909. The van der Waals surface area contributed by atoms with E-state index in [1.807, 2.05) is 0 Å². The van der Waals surface area contributed by atoms with Gasteiger partial charge < -0.3 is 5.11 Å². The van der Waals surface area contributed by atoms with E-state index in [1.165, 1.54) is 36.4 Å². The van der Waals surface area contributed by atoms with Gasteiger partial charge in [-0.1, -0.05) is 24.3 Å². The molecular formula is C22H18N2O8S2. The maximum absolute atomic E-state index is 13.3. The Balaban J connectivity index is 1.92. The third kappa shape index (κ3) is 3.91. The van der Waals surface area contributed by atoms with E-state index in [0.717, 1.165) is 17.1 Å². The summed E-state index contributed by atoms with van der Waals surface area (Å²) >= 11 is 0. The van der Waals surface area contributed by atoms with Gasteiger partial charge in [0.25, 0.3) is 10.1 Å². The number of hydrogen-bond donors (Lipinski definition) is 3. The zero-order valence-electron chi connectivity index (χ0n) is 17.4. The first kappa shape index (κ1) is 23.7. The van der Waals surface area contributed by atoms with Gasteiger partial charge in [0, 0.05) is 16.7 Å². The van der Waals surface area contributed by atoms with Crippen LogP contribution in [-0.2, 0) is 20.0 Å². The van der Waals surface area contributed by atoms with Gasteiger partial charge in [0.2, 0.25) is 0 Å². The van der Waals surface area contributed by atoms with E-state index in [-0.39, 0.29) is 32.8 Å². The average Bonchev–Trinajstić information content (AvgIpc) is 2.80. The highest BCUT2D eigenvalue weighted by atomic mass is 32.2. The highest BCUT2D eigenvalue weighted by Gasteiger charge is 2.36. The molecule has 0 unspecified atom stereocenters. The molecule has 0 amide bonds. The minimum atomic E-state index is -4.89. The molecule has 3 aromatic rings. The van der Waals surface area contributed by atoms with E-state index in [9.17, 15) is 31.0 Å². The molecule has 0 aromatic heterocycles. The molecule has 0 saturated carbocycles. The molecule has 4 rings (SSSR count). The largest absolute Gasteiger partial charge is 0.395 e.